The molecule has 4 saturated carbocycles. The molecule has 4 rings (SSSR count). The van der Waals surface area contributed by atoms with Gasteiger partial charge in [-0.25, -0.2) is 0 Å². The van der Waals surface area contributed by atoms with Crippen LogP contribution in [0, 0.1) is 40.4 Å². The van der Waals surface area contributed by atoms with Gasteiger partial charge in [0.05, 0.1) is 5.60 Å². The number of aliphatic hydroxyl groups is 1. The van der Waals surface area contributed by atoms with Crippen LogP contribution in [0.15, 0.2) is 0 Å². The van der Waals surface area contributed by atoms with Gasteiger partial charge in [-0.2, -0.15) is 0 Å². The Balaban J connectivity index is 0.00000196. The molecule has 0 radical (unpaired) electrons. The number of carbonyl (C=O) groups is 1. The van der Waals surface area contributed by atoms with Gasteiger partial charge in [0.25, 0.3) is 0 Å². The Bertz CT molecular complexity index is 552. The fourth-order valence-corrected chi connectivity index (χ4v) is 8.61. The molecule has 1 N–H and O–H groups in total. The smallest absolute Gasteiger partial charge is 0.133 e. The van der Waals surface area contributed by atoms with Crippen molar-refractivity contribution in [1.29, 1.82) is 0 Å². The maximum Gasteiger partial charge on any atom is 0.133 e. The summed E-state index contributed by atoms with van der Waals surface area (Å²) in [5, 5.41) is 10.7. The van der Waals surface area contributed by atoms with E-state index in [9.17, 15) is 9.90 Å². The molecule has 0 amide bonds. The predicted octanol–water partition coefficient (Wildman–Crippen LogP) is 6.01. The molecule has 26 heavy (non-hydrogen) atoms. The molecule has 2 heteroatoms. The van der Waals surface area contributed by atoms with Crippen LogP contribution in [-0.2, 0) is 4.79 Å². The van der Waals surface area contributed by atoms with Gasteiger partial charge in [-0.15, -0.1) is 0 Å². The highest BCUT2D eigenvalue weighted by molar-refractivity contribution is 5.79. The van der Waals surface area contributed by atoms with Gasteiger partial charge in [-0.3, -0.25) is 4.79 Å². The van der Waals surface area contributed by atoms with Crippen molar-refractivity contribution in [3.05, 3.63) is 0 Å². The van der Waals surface area contributed by atoms with Gasteiger partial charge < -0.3 is 5.11 Å². The topological polar surface area (TPSA) is 37.3 Å². The number of carbonyl (C=O) groups excluding carboxylic acids is 1. The second kappa shape index (κ2) is 6.61. The second-order valence-electron chi connectivity index (χ2n) is 10.7. The number of fused-ring (bicyclic) bond motifs is 5. The second-order valence-corrected chi connectivity index (χ2v) is 10.7. The monoisotopic (exact) mass is 362 g/mol. The molecule has 0 aromatic rings. The quantitative estimate of drug-likeness (QED) is 0.653. The molecule has 0 aliphatic heterocycles. The van der Waals surface area contributed by atoms with E-state index >= 15 is 0 Å². The minimum atomic E-state index is -0.438. The Morgan fingerprint density at radius 2 is 1.73 bits per heavy atom. The highest BCUT2D eigenvalue weighted by Crippen LogP contribution is 2.68. The molecule has 0 aromatic heterocycles. The zero-order valence-corrected chi connectivity index (χ0v) is 16.8. The van der Waals surface area contributed by atoms with Gasteiger partial charge in [0.1, 0.15) is 5.78 Å². The molecule has 0 saturated heterocycles. The van der Waals surface area contributed by atoms with Crippen molar-refractivity contribution >= 4 is 5.78 Å². The number of ketones is 1. The van der Waals surface area contributed by atoms with Gasteiger partial charge in [-0.05, 0) is 113 Å². The lowest BCUT2D eigenvalue weighted by atomic mass is 9.42. The molecule has 4 fully saturated rings. The lowest BCUT2D eigenvalue weighted by Gasteiger charge is -2.63. The van der Waals surface area contributed by atoms with Crippen LogP contribution in [0.1, 0.15) is 99.3 Å². The summed E-state index contributed by atoms with van der Waals surface area (Å²) in [5.74, 6) is 3.93. The average molecular weight is 363 g/mol. The van der Waals surface area contributed by atoms with E-state index in [1.165, 1.54) is 44.9 Å². The van der Waals surface area contributed by atoms with E-state index in [-0.39, 0.29) is 12.8 Å². The third-order valence-corrected chi connectivity index (χ3v) is 9.80. The average Bonchev–Trinajstić information content (AvgIpc) is 2.91. The minimum absolute atomic E-state index is 0. The van der Waals surface area contributed by atoms with Gasteiger partial charge in [-0.1, -0.05) is 21.3 Å². The van der Waals surface area contributed by atoms with Crippen molar-refractivity contribution in [2.75, 3.05) is 0 Å². The third kappa shape index (κ3) is 2.73. The highest BCUT2D eigenvalue weighted by atomic mass is 16.3. The fourth-order valence-electron chi connectivity index (χ4n) is 8.61. The molecular formula is C24H42O2. The first-order chi connectivity index (χ1) is 11.7. The van der Waals surface area contributed by atoms with Crippen LogP contribution >= 0.6 is 0 Å². The third-order valence-electron chi connectivity index (χ3n) is 9.80. The number of hydrogen-bond donors (Lipinski definition) is 1. The van der Waals surface area contributed by atoms with E-state index in [0.29, 0.717) is 17.1 Å². The van der Waals surface area contributed by atoms with E-state index in [1.54, 1.807) is 0 Å². The summed E-state index contributed by atoms with van der Waals surface area (Å²) in [7, 11) is 0. The van der Waals surface area contributed by atoms with Crippen molar-refractivity contribution in [2.24, 2.45) is 40.4 Å². The summed E-state index contributed by atoms with van der Waals surface area (Å²) in [6.07, 6.45) is 12.2. The normalized spacial score (nSPS) is 53.0. The van der Waals surface area contributed by atoms with Crippen molar-refractivity contribution in [3.63, 3.8) is 0 Å². The van der Waals surface area contributed by atoms with Crippen molar-refractivity contribution < 1.29 is 9.90 Å². The van der Waals surface area contributed by atoms with Crippen LogP contribution in [0.5, 0.6) is 0 Å². The van der Waals surface area contributed by atoms with Crippen LogP contribution in [0.4, 0.5) is 0 Å². The molecule has 150 valence electrons. The minimum Gasteiger partial charge on any atom is -0.390 e. The first-order valence-electron chi connectivity index (χ1n) is 11.0. The summed E-state index contributed by atoms with van der Waals surface area (Å²) < 4.78 is 0. The Kier molecular flexibility index (Phi) is 5.17. The van der Waals surface area contributed by atoms with E-state index in [4.69, 9.17) is 0 Å². The molecule has 0 aromatic carbocycles. The standard InChI is InChI=1S/C23H38O2.CH4/c1-5-23-13-12-21(3,25)14-16(23)6-7-17-19-9-8-18(15(2)24)22(19,4)11-10-20(17)23;/h16-20,25H,5-14H2,1-4H3;1H4/t16-,17+,18-,19+,20+,21-,22-,23+;/m1./s1. The molecule has 0 unspecified atom stereocenters. The van der Waals surface area contributed by atoms with Gasteiger partial charge >= 0.3 is 0 Å². The van der Waals surface area contributed by atoms with Crippen LogP contribution in [0.2, 0.25) is 0 Å². The Hall–Kier alpha value is -0.370. The van der Waals surface area contributed by atoms with Crippen LogP contribution < -0.4 is 0 Å². The largest absolute Gasteiger partial charge is 0.390 e. The number of hydrogen-bond acceptors (Lipinski definition) is 2. The fraction of sp³-hybridized carbons (Fsp3) is 0.958. The van der Waals surface area contributed by atoms with Crippen molar-refractivity contribution in [2.45, 2.75) is 105 Å². The van der Waals surface area contributed by atoms with Gasteiger partial charge in [0.2, 0.25) is 0 Å². The van der Waals surface area contributed by atoms with Crippen LogP contribution in [-0.4, -0.2) is 16.5 Å². The van der Waals surface area contributed by atoms with Crippen molar-refractivity contribution in [3.8, 4) is 0 Å². The predicted molar refractivity (Wildman–Crippen MR) is 108 cm³/mol. The molecule has 8 atom stereocenters. The van der Waals surface area contributed by atoms with Crippen LogP contribution in [0.3, 0.4) is 0 Å². The maximum absolute atomic E-state index is 12.3. The summed E-state index contributed by atoms with van der Waals surface area (Å²) in [6.45, 7) is 8.75. The molecular weight excluding hydrogens is 320 g/mol. The van der Waals surface area contributed by atoms with Gasteiger partial charge in [0, 0.05) is 5.92 Å². The number of Topliss-reactive ketones (excluding diaryl/α,β-unsaturated/α-hetero) is 1. The molecule has 4 aliphatic rings. The van der Waals surface area contributed by atoms with Crippen molar-refractivity contribution in [1.82, 2.24) is 0 Å². The first kappa shape index (κ1) is 20.4. The lowest BCUT2D eigenvalue weighted by Crippen LogP contribution is -2.56. The zero-order chi connectivity index (χ0) is 18.0. The SMILES string of the molecule is C.CC[C@]12CC[C@@](C)(O)C[C@H]1CC[C@H]1[C@@H]3CC[C@H](C(C)=O)[C@@]3(C)CC[C@@H]12. The molecule has 0 spiro atoms. The Morgan fingerprint density at radius 1 is 1.00 bits per heavy atom. The maximum atomic E-state index is 12.3. The van der Waals surface area contributed by atoms with E-state index in [0.717, 1.165) is 42.9 Å². The highest BCUT2D eigenvalue weighted by Gasteiger charge is 2.62. The van der Waals surface area contributed by atoms with E-state index < -0.39 is 5.60 Å². The Morgan fingerprint density at radius 3 is 2.38 bits per heavy atom. The lowest BCUT2D eigenvalue weighted by molar-refractivity contribution is -0.158. The summed E-state index contributed by atoms with van der Waals surface area (Å²) in [5.41, 5.74) is 0.308. The summed E-state index contributed by atoms with van der Waals surface area (Å²) >= 11 is 0. The zero-order valence-electron chi connectivity index (χ0n) is 16.8. The first-order valence-corrected chi connectivity index (χ1v) is 11.0. The Labute approximate surface area is 161 Å². The molecule has 0 heterocycles. The summed E-state index contributed by atoms with van der Waals surface area (Å²) in [6, 6.07) is 0. The molecule has 2 nitrogen and oxygen atoms in total. The number of rotatable bonds is 2. The van der Waals surface area contributed by atoms with E-state index in [1.807, 2.05) is 6.92 Å². The summed E-state index contributed by atoms with van der Waals surface area (Å²) in [4.78, 5) is 12.3. The van der Waals surface area contributed by atoms with E-state index in [2.05, 4.69) is 20.8 Å². The molecule has 4 aliphatic carbocycles. The van der Waals surface area contributed by atoms with Crippen LogP contribution in [0.25, 0.3) is 0 Å². The van der Waals surface area contributed by atoms with Gasteiger partial charge in [0.15, 0.2) is 0 Å². The molecule has 0 bridgehead atoms.